The van der Waals surface area contributed by atoms with Crippen LogP contribution in [0.1, 0.15) is 65.9 Å². The monoisotopic (exact) mass is 394 g/mol. The van der Waals surface area contributed by atoms with Crippen LogP contribution in [0.2, 0.25) is 0 Å². The molecule has 3 aromatic rings. The molecule has 0 aromatic carbocycles. The molecule has 1 atom stereocenters. The van der Waals surface area contributed by atoms with Gasteiger partial charge in [0, 0.05) is 35.6 Å². The number of thiophene rings is 1. The third-order valence-corrected chi connectivity index (χ3v) is 6.80. The molecule has 1 aliphatic heterocycles. The van der Waals surface area contributed by atoms with Crippen molar-refractivity contribution < 1.29 is 0 Å². The van der Waals surface area contributed by atoms with Gasteiger partial charge in [-0.25, -0.2) is 0 Å². The highest BCUT2D eigenvalue weighted by Gasteiger charge is 2.31. The number of anilines is 2. The molecule has 0 aliphatic carbocycles. The van der Waals surface area contributed by atoms with Crippen molar-refractivity contribution in [2.45, 2.75) is 58.8 Å². The number of hydrogen-bond acceptors (Lipinski definition) is 4. The van der Waals surface area contributed by atoms with Crippen molar-refractivity contribution in [1.29, 1.82) is 0 Å². The minimum atomic E-state index is 0.443. The number of fused-ring (bicyclic) bond motifs is 1. The third kappa shape index (κ3) is 3.48. The Hall–Kier alpha value is -2.14. The zero-order valence-corrected chi connectivity index (χ0v) is 18.2. The number of nitrogens with zero attached hydrogens (tertiary/aromatic N) is 4. The summed E-state index contributed by atoms with van der Waals surface area (Å²) in [6.45, 7) is 7.52. The minimum absolute atomic E-state index is 0.443. The fourth-order valence-corrected chi connectivity index (χ4v) is 5.36. The molecular weight excluding hydrogens is 364 g/mol. The zero-order valence-electron chi connectivity index (χ0n) is 17.4. The van der Waals surface area contributed by atoms with Gasteiger partial charge >= 0.3 is 0 Å². The van der Waals surface area contributed by atoms with E-state index in [1.807, 2.05) is 17.5 Å². The predicted octanol–water partition coefficient (Wildman–Crippen LogP) is 5.90. The van der Waals surface area contributed by atoms with Crippen molar-refractivity contribution in [1.82, 2.24) is 14.8 Å². The summed E-state index contributed by atoms with van der Waals surface area (Å²) < 4.78 is 2.15. The Morgan fingerprint density at radius 2 is 2.14 bits per heavy atom. The molecule has 1 aliphatic rings. The predicted molar refractivity (Wildman–Crippen MR) is 118 cm³/mol. The van der Waals surface area contributed by atoms with E-state index in [9.17, 15) is 0 Å². The first kappa shape index (κ1) is 19.2. The van der Waals surface area contributed by atoms with Gasteiger partial charge in [0.1, 0.15) is 0 Å². The van der Waals surface area contributed by atoms with Gasteiger partial charge in [0.25, 0.3) is 0 Å². The Morgan fingerprint density at radius 3 is 2.86 bits per heavy atom. The molecule has 0 N–H and O–H groups in total. The second-order valence-corrected chi connectivity index (χ2v) is 8.87. The van der Waals surface area contributed by atoms with E-state index < -0.39 is 0 Å². The SMILES string of the molecule is CCCCC(c1cccs1)c1c2c(nn1C)N(c1cnc(C)cc1C)CCC2. The lowest BCUT2D eigenvalue weighted by atomic mass is 9.91. The average Bonchev–Trinajstić information content (AvgIpc) is 3.31. The molecule has 0 radical (unpaired) electrons. The maximum atomic E-state index is 5.03. The molecule has 4 nitrogen and oxygen atoms in total. The number of hydrogen-bond donors (Lipinski definition) is 0. The van der Waals surface area contributed by atoms with Crippen molar-refractivity contribution in [3.8, 4) is 0 Å². The molecule has 5 heteroatoms. The average molecular weight is 395 g/mol. The van der Waals surface area contributed by atoms with Crippen LogP contribution < -0.4 is 4.90 Å². The van der Waals surface area contributed by atoms with Crippen LogP contribution in [0, 0.1) is 13.8 Å². The van der Waals surface area contributed by atoms with Gasteiger partial charge in [-0.3, -0.25) is 9.67 Å². The van der Waals surface area contributed by atoms with Gasteiger partial charge < -0.3 is 4.90 Å². The second-order valence-electron chi connectivity index (χ2n) is 7.89. The van der Waals surface area contributed by atoms with Crippen LogP contribution in [-0.4, -0.2) is 21.3 Å². The highest BCUT2D eigenvalue weighted by atomic mass is 32.1. The van der Waals surface area contributed by atoms with E-state index in [2.05, 4.69) is 66.0 Å². The van der Waals surface area contributed by atoms with Crippen molar-refractivity contribution in [3.63, 3.8) is 0 Å². The second kappa shape index (κ2) is 8.08. The fourth-order valence-electron chi connectivity index (χ4n) is 4.50. The van der Waals surface area contributed by atoms with Crippen LogP contribution in [0.5, 0.6) is 0 Å². The fraction of sp³-hybridized carbons (Fsp3) is 0.478. The molecule has 0 spiro atoms. The third-order valence-electron chi connectivity index (χ3n) is 5.81. The van der Waals surface area contributed by atoms with Crippen LogP contribution in [-0.2, 0) is 13.5 Å². The van der Waals surface area contributed by atoms with Gasteiger partial charge in [0.05, 0.1) is 17.6 Å². The number of aryl methyl sites for hydroxylation is 3. The lowest BCUT2D eigenvalue weighted by Gasteiger charge is -2.29. The Kier molecular flexibility index (Phi) is 5.54. The topological polar surface area (TPSA) is 34.0 Å². The molecule has 4 rings (SSSR count). The van der Waals surface area contributed by atoms with Crippen molar-refractivity contribution in [2.24, 2.45) is 7.05 Å². The van der Waals surface area contributed by atoms with E-state index in [1.54, 1.807) is 0 Å². The van der Waals surface area contributed by atoms with Crippen LogP contribution in [0.3, 0.4) is 0 Å². The quantitative estimate of drug-likeness (QED) is 0.522. The smallest absolute Gasteiger partial charge is 0.158 e. The molecule has 0 amide bonds. The Bertz CT molecular complexity index is 942. The molecule has 0 fully saturated rings. The van der Waals surface area contributed by atoms with E-state index in [4.69, 9.17) is 5.10 Å². The maximum Gasteiger partial charge on any atom is 0.158 e. The van der Waals surface area contributed by atoms with Gasteiger partial charge in [0.15, 0.2) is 5.82 Å². The van der Waals surface area contributed by atoms with Gasteiger partial charge in [-0.1, -0.05) is 25.8 Å². The normalized spacial score (nSPS) is 14.9. The minimum Gasteiger partial charge on any atom is -0.323 e. The molecule has 0 saturated heterocycles. The first-order valence-electron chi connectivity index (χ1n) is 10.4. The van der Waals surface area contributed by atoms with E-state index in [1.165, 1.54) is 46.6 Å². The molecule has 4 heterocycles. The van der Waals surface area contributed by atoms with Crippen LogP contribution in [0.4, 0.5) is 11.5 Å². The largest absolute Gasteiger partial charge is 0.323 e. The summed E-state index contributed by atoms with van der Waals surface area (Å²) in [6, 6.07) is 6.64. The first-order valence-corrected chi connectivity index (χ1v) is 11.3. The van der Waals surface area contributed by atoms with Gasteiger partial charge in [-0.15, -0.1) is 11.3 Å². The first-order chi connectivity index (χ1) is 13.6. The highest BCUT2D eigenvalue weighted by Crippen LogP contribution is 2.42. The Balaban J connectivity index is 1.78. The van der Waals surface area contributed by atoms with E-state index >= 15 is 0 Å². The van der Waals surface area contributed by atoms with Crippen LogP contribution >= 0.6 is 11.3 Å². The highest BCUT2D eigenvalue weighted by molar-refractivity contribution is 7.10. The Morgan fingerprint density at radius 1 is 1.29 bits per heavy atom. The van der Waals surface area contributed by atoms with E-state index in [-0.39, 0.29) is 0 Å². The van der Waals surface area contributed by atoms with Crippen molar-refractivity contribution in [3.05, 3.63) is 57.2 Å². The van der Waals surface area contributed by atoms with Gasteiger partial charge in [0.2, 0.25) is 0 Å². The van der Waals surface area contributed by atoms with Crippen LogP contribution in [0.25, 0.3) is 0 Å². The van der Waals surface area contributed by atoms with Crippen molar-refractivity contribution >= 4 is 22.8 Å². The summed E-state index contributed by atoms with van der Waals surface area (Å²) in [5.41, 5.74) is 6.37. The van der Waals surface area contributed by atoms with Crippen molar-refractivity contribution in [2.75, 3.05) is 11.4 Å². The number of pyridine rings is 1. The maximum absolute atomic E-state index is 5.03. The Labute approximate surface area is 172 Å². The summed E-state index contributed by atoms with van der Waals surface area (Å²) in [5, 5.41) is 7.23. The summed E-state index contributed by atoms with van der Waals surface area (Å²) >= 11 is 1.88. The van der Waals surface area contributed by atoms with Gasteiger partial charge in [-0.2, -0.15) is 5.10 Å². The summed E-state index contributed by atoms with van der Waals surface area (Å²) in [7, 11) is 2.12. The van der Waals surface area contributed by atoms with Gasteiger partial charge in [-0.05, 0) is 56.2 Å². The van der Waals surface area contributed by atoms with E-state index in [0.29, 0.717) is 5.92 Å². The number of aromatic nitrogens is 3. The molecule has 1 unspecified atom stereocenters. The molecule has 3 aromatic heterocycles. The lowest BCUT2D eigenvalue weighted by molar-refractivity contribution is 0.597. The molecular formula is C23H30N4S. The summed E-state index contributed by atoms with van der Waals surface area (Å²) in [4.78, 5) is 8.41. The molecule has 28 heavy (non-hydrogen) atoms. The molecule has 148 valence electrons. The standard InChI is InChI=1S/C23H30N4S/c1-5-6-9-18(21-11-8-13-28-21)22-19-10-7-12-27(23(19)25-26(22)4)20-15-24-17(3)14-16(20)2/h8,11,13-15,18H,5-7,9-10,12H2,1-4H3. The summed E-state index contributed by atoms with van der Waals surface area (Å²) in [5.74, 6) is 1.58. The molecule has 0 saturated carbocycles. The van der Waals surface area contributed by atoms with Crippen LogP contribution in [0.15, 0.2) is 29.8 Å². The van der Waals surface area contributed by atoms with E-state index in [0.717, 1.165) is 30.9 Å². The number of rotatable bonds is 6. The lowest BCUT2D eigenvalue weighted by Crippen LogP contribution is -2.25. The zero-order chi connectivity index (χ0) is 19.7. The summed E-state index contributed by atoms with van der Waals surface area (Å²) in [6.07, 6.45) is 7.94. The molecule has 0 bridgehead atoms. The number of unbranched alkanes of at least 4 members (excludes halogenated alkanes) is 1.